The van der Waals surface area contributed by atoms with Crippen molar-refractivity contribution in [2.75, 3.05) is 0 Å². The van der Waals surface area contributed by atoms with Crippen LogP contribution in [0.5, 0.6) is 0 Å². The van der Waals surface area contributed by atoms with Crippen molar-refractivity contribution in [1.82, 2.24) is 0 Å². The zero-order valence-corrected chi connectivity index (χ0v) is 8.54. The zero-order valence-electron chi connectivity index (χ0n) is 8.54. The van der Waals surface area contributed by atoms with Gasteiger partial charge in [0.25, 0.3) is 0 Å². The highest BCUT2D eigenvalue weighted by Crippen LogP contribution is 2.15. The predicted molar refractivity (Wildman–Crippen MR) is 60.5 cm³/mol. The minimum Gasteiger partial charge on any atom is -0.268 e. The van der Waals surface area contributed by atoms with E-state index in [1.54, 1.807) is 6.21 Å². The van der Waals surface area contributed by atoms with E-state index >= 15 is 0 Å². The summed E-state index contributed by atoms with van der Waals surface area (Å²) in [6.07, 6.45) is 3.10. The average Bonchev–Trinajstić information content (AvgIpc) is 1.95. The monoisotopic (exact) mass is 174 g/mol. The second-order valence-electron chi connectivity index (χ2n) is 3.70. The Bertz CT molecular complexity index is 257. The van der Waals surface area contributed by atoms with Crippen molar-refractivity contribution in [3.05, 3.63) is 25.0 Å². The molecule has 3 heteroatoms. The minimum absolute atomic E-state index is 0.0885. The number of rotatable bonds is 3. The molecule has 0 atom stereocenters. The van der Waals surface area contributed by atoms with E-state index in [-0.39, 0.29) is 5.41 Å². The van der Waals surface area contributed by atoms with E-state index in [1.807, 2.05) is 20.8 Å². The largest absolute Gasteiger partial charge is 0.268 e. The lowest BCUT2D eigenvalue weighted by Gasteiger charge is -2.18. The van der Waals surface area contributed by atoms with Crippen molar-refractivity contribution in [3.8, 4) is 0 Å². The van der Waals surface area contributed by atoms with Crippen LogP contribution < -0.4 is 0 Å². The van der Waals surface area contributed by atoms with Crippen LogP contribution in [-0.2, 0) is 0 Å². The number of nitrogens with zero attached hydrogens (tertiary/aromatic N) is 2. The van der Waals surface area contributed by atoms with Crippen LogP contribution in [-0.4, -0.2) is 19.8 Å². The van der Waals surface area contributed by atoms with Gasteiger partial charge in [-0.2, -0.15) is 0 Å². The molecule has 2 nitrogen and oxygen atoms in total. The van der Waals surface area contributed by atoms with E-state index in [9.17, 15) is 0 Å². The fraction of sp³-hybridized carbons (Fsp3) is 0.400. The van der Waals surface area contributed by atoms with Crippen LogP contribution >= 0.6 is 0 Å². The summed E-state index contributed by atoms with van der Waals surface area (Å²) >= 11 is 0. The fourth-order valence-electron chi connectivity index (χ4n) is 0.668. The molecule has 0 heterocycles. The first-order valence-corrected chi connectivity index (χ1v) is 4.05. The maximum Gasteiger partial charge on any atom is 0.140 e. The van der Waals surface area contributed by atoms with Gasteiger partial charge in [0.05, 0.1) is 5.71 Å². The molecule has 0 aromatic heterocycles. The molecule has 0 fully saturated rings. The van der Waals surface area contributed by atoms with Gasteiger partial charge in [0, 0.05) is 17.8 Å². The van der Waals surface area contributed by atoms with Crippen LogP contribution in [0.25, 0.3) is 0 Å². The molecule has 0 spiro atoms. The molecule has 68 valence electrons. The highest BCUT2D eigenvalue weighted by atomic mass is 14.8. The van der Waals surface area contributed by atoms with Gasteiger partial charge in [0.2, 0.25) is 0 Å². The molecule has 0 bridgehead atoms. The van der Waals surface area contributed by atoms with Gasteiger partial charge in [-0.25, -0.2) is 0 Å². The molecule has 13 heavy (non-hydrogen) atoms. The standard InChI is InChI=1S/C10H15BN2/c1-6-12-7-9(10(3,4)5)13-8(2)11/h6-7H,1-2H2,3-5H3. The normalized spacial score (nSPS) is 13.3. The summed E-state index contributed by atoms with van der Waals surface area (Å²) < 4.78 is 0. The summed E-state index contributed by atoms with van der Waals surface area (Å²) in [5.74, 6) is 0. The lowest BCUT2D eigenvalue weighted by atomic mass is 9.90. The summed E-state index contributed by atoms with van der Waals surface area (Å²) in [5.41, 5.74) is 0.995. The minimum atomic E-state index is -0.0885. The topological polar surface area (TPSA) is 24.7 Å². The molecule has 0 aliphatic rings. The van der Waals surface area contributed by atoms with E-state index < -0.39 is 0 Å². The second kappa shape index (κ2) is 4.80. The maximum absolute atomic E-state index is 5.39. The molecular formula is C10H15BN2. The first-order valence-electron chi connectivity index (χ1n) is 4.05. The van der Waals surface area contributed by atoms with Gasteiger partial charge in [-0.3, -0.25) is 9.98 Å². The molecule has 0 aromatic rings. The molecular weight excluding hydrogens is 159 g/mol. The Labute approximate surface area is 81.6 Å². The van der Waals surface area contributed by atoms with Gasteiger partial charge < -0.3 is 0 Å². The van der Waals surface area contributed by atoms with E-state index in [1.165, 1.54) is 6.20 Å². The van der Waals surface area contributed by atoms with Crippen molar-refractivity contribution >= 4 is 19.8 Å². The van der Waals surface area contributed by atoms with Crippen LogP contribution in [0.1, 0.15) is 20.8 Å². The second-order valence-corrected chi connectivity index (χ2v) is 3.70. The number of hydrogen-bond acceptors (Lipinski definition) is 2. The van der Waals surface area contributed by atoms with Gasteiger partial charge in [-0.15, -0.1) is 0 Å². The molecule has 0 unspecified atom stereocenters. The Morgan fingerprint density at radius 1 is 1.38 bits per heavy atom. The third-order valence-electron chi connectivity index (χ3n) is 1.33. The van der Waals surface area contributed by atoms with Crippen molar-refractivity contribution < 1.29 is 0 Å². The van der Waals surface area contributed by atoms with Gasteiger partial charge >= 0.3 is 0 Å². The van der Waals surface area contributed by atoms with E-state index in [0.29, 0.717) is 5.60 Å². The number of hydrogen-bond donors (Lipinski definition) is 0. The molecule has 0 rings (SSSR count). The smallest absolute Gasteiger partial charge is 0.140 e. The summed E-state index contributed by atoms with van der Waals surface area (Å²) in [4.78, 5) is 7.99. The van der Waals surface area contributed by atoms with E-state index in [0.717, 1.165) is 5.71 Å². The Morgan fingerprint density at radius 2 is 1.92 bits per heavy atom. The van der Waals surface area contributed by atoms with Crippen LogP contribution in [0.4, 0.5) is 0 Å². The van der Waals surface area contributed by atoms with Crippen molar-refractivity contribution in [3.63, 3.8) is 0 Å². The molecule has 0 saturated carbocycles. The zero-order chi connectivity index (χ0) is 10.5. The molecule has 0 aliphatic heterocycles. The van der Waals surface area contributed by atoms with E-state index in [2.05, 4.69) is 23.1 Å². The van der Waals surface area contributed by atoms with E-state index in [4.69, 9.17) is 7.85 Å². The molecule has 0 N–H and O–H groups in total. The third kappa shape index (κ3) is 5.18. The molecule has 0 amide bonds. The van der Waals surface area contributed by atoms with Crippen LogP contribution in [0, 0.1) is 5.41 Å². The Kier molecular flexibility index (Phi) is 4.39. The van der Waals surface area contributed by atoms with Crippen molar-refractivity contribution in [2.45, 2.75) is 20.8 Å². The quantitative estimate of drug-likeness (QED) is 0.463. The lowest BCUT2D eigenvalue weighted by molar-refractivity contribution is 0.598. The maximum atomic E-state index is 5.39. The number of aliphatic imine (C=N–C) groups is 2. The summed E-state index contributed by atoms with van der Waals surface area (Å²) in [7, 11) is 5.39. The molecule has 0 aliphatic carbocycles. The van der Waals surface area contributed by atoms with Gasteiger partial charge in [0.15, 0.2) is 0 Å². The first kappa shape index (κ1) is 11.9. The molecule has 2 radical (unpaired) electrons. The average molecular weight is 174 g/mol. The third-order valence-corrected chi connectivity index (χ3v) is 1.33. The highest BCUT2D eigenvalue weighted by molar-refractivity contribution is 6.34. The van der Waals surface area contributed by atoms with Crippen molar-refractivity contribution in [1.29, 1.82) is 0 Å². The Hall–Kier alpha value is -1.12. The molecule has 0 saturated heterocycles. The van der Waals surface area contributed by atoms with Crippen LogP contribution in [0.2, 0.25) is 0 Å². The lowest BCUT2D eigenvalue weighted by Crippen LogP contribution is -2.21. The van der Waals surface area contributed by atoms with Crippen LogP contribution in [0.3, 0.4) is 0 Å². The highest BCUT2D eigenvalue weighted by Gasteiger charge is 2.16. The molecule has 0 aromatic carbocycles. The SMILES string of the molecule is [B]C(=C)N=C(C=NC=C)C(C)(C)C. The predicted octanol–water partition coefficient (Wildman–Crippen LogP) is 2.33. The first-order chi connectivity index (χ1) is 5.88. The van der Waals surface area contributed by atoms with Gasteiger partial charge in [0.1, 0.15) is 7.85 Å². The van der Waals surface area contributed by atoms with Crippen molar-refractivity contribution in [2.24, 2.45) is 15.4 Å². The Morgan fingerprint density at radius 3 is 2.23 bits per heavy atom. The van der Waals surface area contributed by atoms with Gasteiger partial charge in [-0.1, -0.05) is 33.9 Å². The van der Waals surface area contributed by atoms with Gasteiger partial charge in [-0.05, 0) is 5.60 Å². The summed E-state index contributed by atoms with van der Waals surface area (Å²) in [6.45, 7) is 13.1. The Balaban J connectivity index is 4.87. The van der Waals surface area contributed by atoms with Crippen LogP contribution in [0.15, 0.2) is 34.9 Å². The fourth-order valence-corrected chi connectivity index (χ4v) is 0.668. The summed E-state index contributed by atoms with van der Waals surface area (Å²) in [5, 5.41) is 0. The summed E-state index contributed by atoms with van der Waals surface area (Å²) in [6, 6.07) is 0.